The van der Waals surface area contributed by atoms with Crippen molar-refractivity contribution in [1.29, 1.82) is 0 Å². The zero-order chi connectivity index (χ0) is 11.8. The Kier molecular flexibility index (Phi) is 2.63. The van der Waals surface area contributed by atoms with E-state index >= 15 is 0 Å². The Morgan fingerprint density at radius 1 is 0.882 bits per heavy atom. The third-order valence-electron chi connectivity index (χ3n) is 3.01. The maximum absolute atomic E-state index is 13.7. The second kappa shape index (κ2) is 4.15. The molecule has 3 heteroatoms. The Bertz CT molecular complexity index is 527. The molecule has 3 rings (SSSR count). The first-order valence-electron chi connectivity index (χ1n) is 5.42. The molecule has 0 fully saturated rings. The molecule has 0 nitrogen and oxygen atoms in total. The maximum Gasteiger partial charge on any atom is 0.137 e. The van der Waals surface area contributed by atoms with E-state index in [1.807, 2.05) is 12.1 Å². The molecule has 1 aliphatic rings. The largest absolute Gasteiger partial charge is 0.207 e. The highest BCUT2D eigenvalue weighted by Crippen LogP contribution is 2.36. The van der Waals surface area contributed by atoms with E-state index in [0.29, 0.717) is 22.6 Å². The van der Waals surface area contributed by atoms with Crippen LogP contribution in [-0.2, 0) is 12.2 Å². The van der Waals surface area contributed by atoms with Gasteiger partial charge in [-0.2, -0.15) is 0 Å². The molecular formula is C14H10F2S. The highest BCUT2D eigenvalue weighted by Gasteiger charge is 2.18. The van der Waals surface area contributed by atoms with Gasteiger partial charge in [-0.25, -0.2) is 8.78 Å². The predicted molar refractivity (Wildman–Crippen MR) is 65.2 cm³/mol. The van der Waals surface area contributed by atoms with E-state index in [4.69, 9.17) is 0 Å². The number of halogens is 2. The molecule has 2 aromatic carbocycles. The van der Waals surface area contributed by atoms with Gasteiger partial charge in [0.15, 0.2) is 0 Å². The highest BCUT2D eigenvalue weighted by atomic mass is 32.2. The molecule has 17 heavy (non-hydrogen) atoms. The quantitative estimate of drug-likeness (QED) is 0.674. The average Bonchev–Trinajstić information content (AvgIpc) is 2.50. The second-order valence-electron chi connectivity index (χ2n) is 4.07. The van der Waals surface area contributed by atoms with Crippen molar-refractivity contribution in [3.63, 3.8) is 0 Å². The van der Waals surface area contributed by atoms with E-state index < -0.39 is 0 Å². The summed E-state index contributed by atoms with van der Waals surface area (Å²) in [5, 5.41) is 0. The molecular weight excluding hydrogens is 238 g/mol. The lowest BCUT2D eigenvalue weighted by Crippen LogP contribution is -1.95. The molecule has 86 valence electrons. The Hall–Kier alpha value is -1.35. The molecule has 1 aliphatic heterocycles. The molecule has 0 radical (unpaired) electrons. The summed E-state index contributed by atoms with van der Waals surface area (Å²) >= 11 is 1.38. The fourth-order valence-electron chi connectivity index (χ4n) is 2.13. The third kappa shape index (κ3) is 1.84. The van der Waals surface area contributed by atoms with E-state index in [1.54, 1.807) is 12.1 Å². The van der Waals surface area contributed by atoms with Gasteiger partial charge in [-0.3, -0.25) is 0 Å². The molecule has 0 bridgehead atoms. The van der Waals surface area contributed by atoms with E-state index in [0.717, 1.165) is 11.1 Å². The number of benzene rings is 2. The highest BCUT2D eigenvalue weighted by molar-refractivity contribution is 7.98. The van der Waals surface area contributed by atoms with Crippen LogP contribution in [0.1, 0.15) is 16.7 Å². The van der Waals surface area contributed by atoms with Crippen molar-refractivity contribution in [2.24, 2.45) is 0 Å². The molecule has 0 atom stereocenters. The summed E-state index contributed by atoms with van der Waals surface area (Å²) in [5.41, 5.74) is 2.61. The lowest BCUT2D eigenvalue weighted by atomic mass is 10.0. The first-order chi connectivity index (χ1) is 8.25. The topological polar surface area (TPSA) is 0 Å². The Balaban J connectivity index is 2.14. The Morgan fingerprint density at radius 2 is 1.59 bits per heavy atom. The smallest absolute Gasteiger partial charge is 0.137 e. The van der Waals surface area contributed by atoms with Crippen molar-refractivity contribution in [2.45, 2.75) is 17.1 Å². The monoisotopic (exact) mass is 248 g/mol. The van der Waals surface area contributed by atoms with Gasteiger partial charge in [0.1, 0.15) is 11.6 Å². The molecule has 0 saturated carbocycles. The SMILES string of the molecule is Fc1cccc2c1CSc1c(F)cccc1C2. The van der Waals surface area contributed by atoms with E-state index in [9.17, 15) is 8.78 Å². The molecule has 0 N–H and O–H groups in total. The predicted octanol–water partition coefficient (Wildman–Crippen LogP) is 4.16. The summed E-state index contributed by atoms with van der Waals surface area (Å²) in [6, 6.07) is 10.2. The first kappa shape index (κ1) is 10.8. The molecule has 0 aliphatic carbocycles. The van der Waals surface area contributed by atoms with Crippen LogP contribution in [0, 0.1) is 11.6 Å². The van der Waals surface area contributed by atoms with Crippen LogP contribution in [0.5, 0.6) is 0 Å². The summed E-state index contributed by atoms with van der Waals surface area (Å²) in [6.07, 6.45) is 0.604. The van der Waals surface area contributed by atoms with Crippen molar-refractivity contribution >= 4 is 11.8 Å². The van der Waals surface area contributed by atoms with Gasteiger partial charge in [0.25, 0.3) is 0 Å². The zero-order valence-corrected chi connectivity index (χ0v) is 9.86. The Labute approximate surface area is 103 Å². The molecule has 0 amide bonds. The molecule has 0 spiro atoms. The fourth-order valence-corrected chi connectivity index (χ4v) is 3.28. The van der Waals surface area contributed by atoms with Crippen LogP contribution in [-0.4, -0.2) is 0 Å². The minimum Gasteiger partial charge on any atom is -0.207 e. The van der Waals surface area contributed by atoms with Crippen molar-refractivity contribution in [1.82, 2.24) is 0 Å². The summed E-state index contributed by atoms with van der Waals surface area (Å²) in [4.78, 5) is 0.656. The van der Waals surface area contributed by atoms with Gasteiger partial charge in [-0.1, -0.05) is 24.3 Å². The fraction of sp³-hybridized carbons (Fsp3) is 0.143. The normalized spacial score (nSPS) is 13.8. The molecule has 0 aromatic heterocycles. The summed E-state index contributed by atoms with van der Waals surface area (Å²) in [6.45, 7) is 0. The van der Waals surface area contributed by atoms with Gasteiger partial charge in [0.05, 0.1) is 0 Å². The van der Waals surface area contributed by atoms with Gasteiger partial charge in [-0.15, -0.1) is 11.8 Å². The molecule has 2 aromatic rings. The van der Waals surface area contributed by atoms with Crippen LogP contribution in [0.25, 0.3) is 0 Å². The molecule has 0 saturated heterocycles. The van der Waals surface area contributed by atoms with Crippen LogP contribution >= 0.6 is 11.8 Å². The summed E-state index contributed by atoms with van der Waals surface area (Å²) < 4.78 is 27.3. The van der Waals surface area contributed by atoms with Gasteiger partial charge in [0, 0.05) is 16.2 Å². The Morgan fingerprint density at radius 3 is 2.41 bits per heavy atom. The van der Waals surface area contributed by atoms with Crippen molar-refractivity contribution in [2.75, 3.05) is 0 Å². The first-order valence-corrected chi connectivity index (χ1v) is 6.41. The zero-order valence-electron chi connectivity index (χ0n) is 9.04. The third-order valence-corrected chi connectivity index (χ3v) is 4.19. The standard InChI is InChI=1S/C14H10F2S/c15-12-5-1-3-9-7-10-4-2-6-13(16)14(10)17-8-11(9)12/h1-6H,7-8H2. The van der Waals surface area contributed by atoms with Crippen molar-refractivity contribution in [3.05, 3.63) is 64.7 Å². The van der Waals surface area contributed by atoms with E-state index in [1.165, 1.54) is 23.9 Å². The van der Waals surface area contributed by atoms with Crippen LogP contribution in [0.4, 0.5) is 8.78 Å². The van der Waals surface area contributed by atoms with Gasteiger partial charge >= 0.3 is 0 Å². The summed E-state index contributed by atoms with van der Waals surface area (Å²) in [5.74, 6) is 0.0968. The number of fused-ring (bicyclic) bond motifs is 2. The molecule has 0 unspecified atom stereocenters. The minimum absolute atomic E-state index is 0.191. The maximum atomic E-state index is 13.7. The minimum atomic E-state index is -0.208. The van der Waals surface area contributed by atoms with Crippen LogP contribution in [0.15, 0.2) is 41.3 Å². The lowest BCUT2D eigenvalue weighted by molar-refractivity contribution is 0.598. The van der Waals surface area contributed by atoms with Crippen LogP contribution in [0.3, 0.4) is 0 Å². The number of rotatable bonds is 0. The van der Waals surface area contributed by atoms with E-state index in [-0.39, 0.29) is 11.6 Å². The van der Waals surface area contributed by atoms with Crippen molar-refractivity contribution in [3.8, 4) is 0 Å². The number of hydrogen-bond acceptors (Lipinski definition) is 1. The average molecular weight is 248 g/mol. The number of hydrogen-bond donors (Lipinski definition) is 0. The van der Waals surface area contributed by atoms with Crippen LogP contribution in [0.2, 0.25) is 0 Å². The second-order valence-corrected chi connectivity index (χ2v) is 5.06. The van der Waals surface area contributed by atoms with Gasteiger partial charge in [0.2, 0.25) is 0 Å². The van der Waals surface area contributed by atoms with Gasteiger partial charge < -0.3 is 0 Å². The lowest BCUT2D eigenvalue weighted by Gasteiger charge is -2.05. The number of thioether (sulfide) groups is 1. The summed E-state index contributed by atoms with van der Waals surface area (Å²) in [7, 11) is 0. The van der Waals surface area contributed by atoms with Gasteiger partial charge in [-0.05, 0) is 29.7 Å². The van der Waals surface area contributed by atoms with E-state index in [2.05, 4.69) is 0 Å². The van der Waals surface area contributed by atoms with Crippen LogP contribution < -0.4 is 0 Å². The van der Waals surface area contributed by atoms with Crippen molar-refractivity contribution < 1.29 is 8.78 Å². The molecule has 1 heterocycles.